The molecule has 2 amide bonds. The fourth-order valence-electron chi connectivity index (χ4n) is 3.10. The van der Waals surface area contributed by atoms with Crippen LogP contribution in [0.1, 0.15) is 12.0 Å². The smallest absolute Gasteiger partial charge is 0.231 e. The highest BCUT2D eigenvalue weighted by Crippen LogP contribution is 2.35. The Balaban J connectivity index is 1.46. The molecule has 0 radical (unpaired) electrons. The third-order valence-corrected chi connectivity index (χ3v) is 5.01. The lowest BCUT2D eigenvalue weighted by Crippen LogP contribution is -2.28. The number of ether oxygens (including phenoxy) is 2. The molecule has 2 aromatic carbocycles. The highest BCUT2D eigenvalue weighted by atomic mass is 35.5. The minimum Gasteiger partial charge on any atom is -0.454 e. The van der Waals surface area contributed by atoms with Gasteiger partial charge in [0.05, 0.1) is 5.92 Å². The lowest BCUT2D eigenvalue weighted by Gasteiger charge is -2.17. The van der Waals surface area contributed by atoms with Gasteiger partial charge in [-0.25, -0.2) is 0 Å². The largest absolute Gasteiger partial charge is 0.454 e. The maximum absolute atomic E-state index is 12.6. The molecule has 7 heteroatoms. The van der Waals surface area contributed by atoms with Crippen molar-refractivity contribution >= 4 is 34.8 Å². The third-order valence-electron chi connectivity index (χ3n) is 4.60. The SMILES string of the molecule is Cc1ccc(N2C[C@H](C(=O)Nc3ccc4c(c3)OCO4)CC2=O)cc1Cl. The van der Waals surface area contributed by atoms with E-state index in [1.54, 1.807) is 29.2 Å². The van der Waals surface area contributed by atoms with E-state index in [0.29, 0.717) is 34.4 Å². The molecule has 0 spiro atoms. The Labute approximate surface area is 155 Å². The molecule has 26 heavy (non-hydrogen) atoms. The van der Waals surface area contributed by atoms with E-state index >= 15 is 0 Å². The number of anilines is 2. The third kappa shape index (κ3) is 3.08. The van der Waals surface area contributed by atoms with Crippen LogP contribution < -0.4 is 19.7 Å². The molecule has 4 rings (SSSR count). The van der Waals surface area contributed by atoms with Gasteiger partial charge < -0.3 is 19.7 Å². The summed E-state index contributed by atoms with van der Waals surface area (Å²) in [6, 6.07) is 10.7. The summed E-state index contributed by atoms with van der Waals surface area (Å²) < 4.78 is 10.6. The van der Waals surface area contributed by atoms with Crippen molar-refractivity contribution in [3.63, 3.8) is 0 Å². The van der Waals surface area contributed by atoms with Crippen LogP contribution in [0, 0.1) is 12.8 Å². The Hall–Kier alpha value is -2.73. The molecule has 0 bridgehead atoms. The number of carbonyl (C=O) groups excluding carboxylic acids is 2. The molecule has 1 saturated heterocycles. The molecule has 2 aromatic rings. The number of nitrogens with one attached hydrogen (secondary N) is 1. The normalized spacial score (nSPS) is 18.3. The van der Waals surface area contributed by atoms with E-state index in [1.807, 2.05) is 19.1 Å². The average Bonchev–Trinajstić information content (AvgIpc) is 3.23. The van der Waals surface area contributed by atoms with Gasteiger partial charge in [0.25, 0.3) is 0 Å². The van der Waals surface area contributed by atoms with E-state index in [4.69, 9.17) is 21.1 Å². The lowest BCUT2D eigenvalue weighted by molar-refractivity contribution is -0.122. The molecule has 1 fully saturated rings. The molecule has 0 aliphatic carbocycles. The number of fused-ring (bicyclic) bond motifs is 1. The van der Waals surface area contributed by atoms with Gasteiger partial charge in [-0.05, 0) is 36.8 Å². The van der Waals surface area contributed by atoms with E-state index in [1.165, 1.54) is 0 Å². The molecule has 2 heterocycles. The molecular weight excluding hydrogens is 356 g/mol. The first-order valence-corrected chi connectivity index (χ1v) is 8.66. The van der Waals surface area contributed by atoms with Crippen molar-refractivity contribution < 1.29 is 19.1 Å². The predicted octanol–water partition coefficient (Wildman–Crippen LogP) is 3.37. The van der Waals surface area contributed by atoms with Crippen molar-refractivity contribution in [2.45, 2.75) is 13.3 Å². The van der Waals surface area contributed by atoms with E-state index < -0.39 is 5.92 Å². The number of carbonyl (C=O) groups is 2. The molecule has 2 aliphatic heterocycles. The second kappa shape index (κ2) is 6.53. The number of nitrogens with zero attached hydrogens (tertiary/aromatic N) is 1. The Bertz CT molecular complexity index is 899. The monoisotopic (exact) mass is 372 g/mol. The van der Waals surface area contributed by atoms with Crippen LogP contribution in [0.25, 0.3) is 0 Å². The zero-order valence-corrected chi connectivity index (χ0v) is 14.9. The van der Waals surface area contributed by atoms with Gasteiger partial charge in [0.1, 0.15) is 0 Å². The van der Waals surface area contributed by atoms with Gasteiger partial charge in [-0.3, -0.25) is 9.59 Å². The van der Waals surface area contributed by atoms with Crippen LogP contribution in [0.2, 0.25) is 5.02 Å². The van der Waals surface area contributed by atoms with Gasteiger partial charge in [-0.2, -0.15) is 0 Å². The van der Waals surface area contributed by atoms with Gasteiger partial charge in [-0.15, -0.1) is 0 Å². The summed E-state index contributed by atoms with van der Waals surface area (Å²) in [4.78, 5) is 26.5. The fourth-order valence-corrected chi connectivity index (χ4v) is 3.28. The highest BCUT2D eigenvalue weighted by molar-refractivity contribution is 6.31. The van der Waals surface area contributed by atoms with Gasteiger partial charge in [0, 0.05) is 35.4 Å². The quantitative estimate of drug-likeness (QED) is 0.897. The van der Waals surface area contributed by atoms with Crippen molar-refractivity contribution in [3.8, 4) is 11.5 Å². The lowest BCUT2D eigenvalue weighted by atomic mass is 10.1. The fraction of sp³-hybridized carbons (Fsp3) is 0.263. The van der Waals surface area contributed by atoms with Crippen LogP contribution in [-0.4, -0.2) is 25.2 Å². The molecule has 0 saturated carbocycles. The summed E-state index contributed by atoms with van der Waals surface area (Å²) in [5.74, 6) is 0.546. The van der Waals surface area contributed by atoms with Crippen LogP contribution in [-0.2, 0) is 9.59 Å². The van der Waals surface area contributed by atoms with Crippen molar-refractivity contribution in [1.29, 1.82) is 0 Å². The Morgan fingerprint density at radius 1 is 1.19 bits per heavy atom. The summed E-state index contributed by atoms with van der Waals surface area (Å²) in [6.07, 6.45) is 0.169. The molecule has 6 nitrogen and oxygen atoms in total. The van der Waals surface area contributed by atoms with Crippen LogP contribution >= 0.6 is 11.6 Å². The maximum Gasteiger partial charge on any atom is 0.231 e. The number of rotatable bonds is 3. The molecule has 0 aromatic heterocycles. The molecule has 0 unspecified atom stereocenters. The maximum atomic E-state index is 12.6. The number of benzene rings is 2. The second-order valence-corrected chi connectivity index (χ2v) is 6.80. The average molecular weight is 373 g/mol. The molecule has 134 valence electrons. The van der Waals surface area contributed by atoms with Crippen LogP contribution in [0.15, 0.2) is 36.4 Å². The Kier molecular flexibility index (Phi) is 4.20. The molecular formula is C19H17ClN2O4. The predicted molar refractivity (Wildman–Crippen MR) is 97.8 cm³/mol. The molecule has 1 N–H and O–H groups in total. The zero-order valence-electron chi connectivity index (χ0n) is 14.1. The Morgan fingerprint density at radius 3 is 2.81 bits per heavy atom. The van der Waals surface area contributed by atoms with Gasteiger partial charge in [-0.1, -0.05) is 17.7 Å². The van der Waals surface area contributed by atoms with Crippen molar-refractivity contribution in [2.24, 2.45) is 5.92 Å². The minimum absolute atomic E-state index is 0.0873. The highest BCUT2D eigenvalue weighted by Gasteiger charge is 2.35. The van der Waals surface area contributed by atoms with Gasteiger partial charge in [0.15, 0.2) is 11.5 Å². The second-order valence-electron chi connectivity index (χ2n) is 6.40. The summed E-state index contributed by atoms with van der Waals surface area (Å²) in [5, 5.41) is 3.45. The van der Waals surface area contributed by atoms with E-state index in [9.17, 15) is 9.59 Å². The number of aryl methyl sites for hydroxylation is 1. The Morgan fingerprint density at radius 2 is 2.00 bits per heavy atom. The molecule has 1 atom stereocenters. The van der Waals surface area contributed by atoms with E-state index in [-0.39, 0.29) is 25.0 Å². The topological polar surface area (TPSA) is 67.9 Å². The van der Waals surface area contributed by atoms with E-state index in [0.717, 1.165) is 5.56 Å². The summed E-state index contributed by atoms with van der Waals surface area (Å²) in [6.45, 7) is 2.41. The van der Waals surface area contributed by atoms with Crippen molar-refractivity contribution in [1.82, 2.24) is 0 Å². The van der Waals surface area contributed by atoms with Crippen LogP contribution in [0.5, 0.6) is 11.5 Å². The summed E-state index contributed by atoms with van der Waals surface area (Å²) >= 11 is 6.15. The van der Waals surface area contributed by atoms with Crippen LogP contribution in [0.3, 0.4) is 0 Å². The van der Waals surface area contributed by atoms with Crippen molar-refractivity contribution in [3.05, 3.63) is 47.0 Å². The van der Waals surface area contributed by atoms with E-state index in [2.05, 4.69) is 5.32 Å². The van der Waals surface area contributed by atoms with Crippen LogP contribution in [0.4, 0.5) is 11.4 Å². The zero-order chi connectivity index (χ0) is 18.3. The number of hydrogen-bond acceptors (Lipinski definition) is 4. The summed E-state index contributed by atoms with van der Waals surface area (Å²) in [7, 11) is 0. The first-order chi connectivity index (χ1) is 12.5. The number of halogens is 1. The first-order valence-electron chi connectivity index (χ1n) is 8.28. The number of hydrogen-bond donors (Lipinski definition) is 1. The summed E-state index contributed by atoms with van der Waals surface area (Å²) in [5.41, 5.74) is 2.27. The van der Waals surface area contributed by atoms with Gasteiger partial charge >= 0.3 is 0 Å². The van der Waals surface area contributed by atoms with Crippen molar-refractivity contribution in [2.75, 3.05) is 23.6 Å². The number of amides is 2. The van der Waals surface area contributed by atoms with Gasteiger partial charge in [0.2, 0.25) is 18.6 Å². The first kappa shape index (κ1) is 16.7. The minimum atomic E-state index is -0.423. The molecule has 2 aliphatic rings. The standard InChI is InChI=1S/C19H17ClN2O4/c1-11-2-4-14(8-15(11)20)22-9-12(6-18(22)23)19(24)21-13-3-5-16-17(7-13)26-10-25-16/h2-5,7-8,12H,6,9-10H2,1H3,(H,21,24)/t12-/m1/s1.